The van der Waals surface area contributed by atoms with Crippen LogP contribution in [0.3, 0.4) is 0 Å². The Morgan fingerprint density at radius 3 is 2.52 bits per heavy atom. The number of nitrogens with one attached hydrogen (secondary N) is 2. The molecule has 2 N–H and O–H groups in total. The Balaban J connectivity index is 1.53. The molecule has 0 saturated carbocycles. The van der Waals surface area contributed by atoms with E-state index in [-0.39, 0.29) is 24.0 Å². The van der Waals surface area contributed by atoms with Crippen LogP contribution in [0, 0.1) is 0 Å². The molecule has 1 aliphatic heterocycles. The van der Waals surface area contributed by atoms with Gasteiger partial charge in [0, 0.05) is 28.9 Å². The third-order valence-electron chi connectivity index (χ3n) is 5.60. The predicted octanol–water partition coefficient (Wildman–Crippen LogP) is 5.15. The number of rotatable bonds is 7. The van der Waals surface area contributed by atoms with Crippen molar-refractivity contribution in [3.05, 3.63) is 101 Å². The normalized spacial score (nSPS) is 16.0. The summed E-state index contributed by atoms with van der Waals surface area (Å²) in [6.45, 7) is 4.70. The van der Waals surface area contributed by atoms with Crippen LogP contribution in [0.2, 0.25) is 0 Å². The number of carbonyl (C=O) groups is 2. The summed E-state index contributed by atoms with van der Waals surface area (Å²) in [5, 5.41) is 6.52. The number of hydrogen-bond acceptors (Lipinski definition) is 3. The molecule has 0 fully saturated rings. The minimum atomic E-state index is -0.245. The lowest BCUT2D eigenvalue weighted by molar-refractivity contribution is 0.0742. The molecule has 0 spiro atoms. The zero-order chi connectivity index (χ0) is 21.8. The first-order valence-electron chi connectivity index (χ1n) is 10.7. The van der Waals surface area contributed by atoms with Gasteiger partial charge in [0.1, 0.15) is 6.17 Å². The van der Waals surface area contributed by atoms with Gasteiger partial charge >= 0.3 is 0 Å². The lowest BCUT2D eigenvalue weighted by atomic mass is 10.1. The van der Waals surface area contributed by atoms with E-state index in [4.69, 9.17) is 0 Å². The van der Waals surface area contributed by atoms with E-state index >= 15 is 0 Å². The van der Waals surface area contributed by atoms with Crippen LogP contribution in [-0.4, -0.2) is 23.3 Å². The summed E-state index contributed by atoms with van der Waals surface area (Å²) >= 11 is 0. The van der Waals surface area contributed by atoms with Gasteiger partial charge in [0.15, 0.2) is 0 Å². The van der Waals surface area contributed by atoms with E-state index in [1.54, 1.807) is 6.07 Å². The fourth-order valence-electron chi connectivity index (χ4n) is 4.01. The summed E-state index contributed by atoms with van der Waals surface area (Å²) in [6.07, 6.45) is 0.628. The smallest absolute Gasteiger partial charge is 0.256 e. The highest BCUT2D eigenvalue weighted by molar-refractivity contribution is 5.99. The van der Waals surface area contributed by atoms with E-state index in [9.17, 15) is 9.59 Å². The minimum absolute atomic E-state index is 0.0422. The van der Waals surface area contributed by atoms with Crippen molar-refractivity contribution >= 4 is 17.5 Å². The van der Waals surface area contributed by atoms with Gasteiger partial charge in [-0.1, -0.05) is 61.5 Å². The van der Waals surface area contributed by atoms with Crippen LogP contribution in [0.25, 0.3) is 0 Å². The third kappa shape index (κ3) is 4.31. The Bertz CT molecular complexity index is 1080. The number of amides is 2. The molecule has 2 atom stereocenters. The van der Waals surface area contributed by atoms with Gasteiger partial charge in [0.25, 0.3) is 11.8 Å². The first-order chi connectivity index (χ1) is 15.1. The van der Waals surface area contributed by atoms with E-state index in [0.29, 0.717) is 12.1 Å². The second-order valence-corrected chi connectivity index (χ2v) is 7.82. The molecule has 0 aromatic heterocycles. The summed E-state index contributed by atoms with van der Waals surface area (Å²) in [7, 11) is 0. The highest BCUT2D eigenvalue weighted by atomic mass is 16.2. The molecule has 0 unspecified atom stereocenters. The molecule has 1 heterocycles. The maximum atomic E-state index is 12.8. The molecular formula is C26H27N3O2. The molecule has 5 heteroatoms. The van der Waals surface area contributed by atoms with Crippen LogP contribution in [0.4, 0.5) is 5.69 Å². The maximum absolute atomic E-state index is 12.8. The average molecular weight is 414 g/mol. The van der Waals surface area contributed by atoms with Gasteiger partial charge in [-0.15, -0.1) is 0 Å². The molecule has 31 heavy (non-hydrogen) atoms. The Hall–Kier alpha value is -3.60. The number of anilines is 1. The molecule has 158 valence electrons. The zero-order valence-electron chi connectivity index (χ0n) is 17.8. The monoisotopic (exact) mass is 413 g/mol. The van der Waals surface area contributed by atoms with E-state index in [2.05, 4.69) is 17.6 Å². The van der Waals surface area contributed by atoms with Gasteiger partial charge in [-0.2, -0.15) is 0 Å². The number of nitrogens with zero attached hydrogens (tertiary/aromatic N) is 1. The first-order valence-corrected chi connectivity index (χ1v) is 10.7. The summed E-state index contributed by atoms with van der Waals surface area (Å²) in [6, 6.07) is 24.9. The molecule has 2 amide bonds. The molecule has 0 saturated heterocycles. The molecule has 0 aliphatic carbocycles. The second kappa shape index (κ2) is 9.04. The van der Waals surface area contributed by atoms with Crippen LogP contribution in [-0.2, 0) is 0 Å². The SMILES string of the molecule is CCCN1C(=O)c2ccccc2[C@@H]1Nc1cccc(C(=O)N[C@H](C)c2ccccc2)c1. The van der Waals surface area contributed by atoms with Crippen molar-refractivity contribution in [1.29, 1.82) is 0 Å². The Morgan fingerprint density at radius 1 is 1.00 bits per heavy atom. The van der Waals surface area contributed by atoms with Crippen molar-refractivity contribution in [2.45, 2.75) is 32.5 Å². The molecule has 3 aromatic rings. The number of hydrogen-bond donors (Lipinski definition) is 2. The van der Waals surface area contributed by atoms with Gasteiger partial charge in [0.05, 0.1) is 6.04 Å². The van der Waals surface area contributed by atoms with Crippen molar-refractivity contribution in [2.24, 2.45) is 0 Å². The highest BCUT2D eigenvalue weighted by Crippen LogP contribution is 2.34. The van der Waals surface area contributed by atoms with E-state index < -0.39 is 0 Å². The summed E-state index contributed by atoms with van der Waals surface area (Å²) < 4.78 is 0. The van der Waals surface area contributed by atoms with Crippen molar-refractivity contribution in [3.63, 3.8) is 0 Å². The predicted molar refractivity (Wildman–Crippen MR) is 123 cm³/mol. The van der Waals surface area contributed by atoms with Gasteiger partial charge in [-0.25, -0.2) is 0 Å². The molecule has 1 aliphatic rings. The van der Waals surface area contributed by atoms with Gasteiger partial charge in [0.2, 0.25) is 0 Å². The van der Waals surface area contributed by atoms with Gasteiger partial charge in [-0.3, -0.25) is 9.59 Å². The minimum Gasteiger partial charge on any atom is -0.361 e. The van der Waals surface area contributed by atoms with Crippen LogP contribution < -0.4 is 10.6 Å². The van der Waals surface area contributed by atoms with Crippen LogP contribution in [0.1, 0.15) is 64.3 Å². The fraction of sp³-hybridized carbons (Fsp3) is 0.231. The molecule has 4 rings (SSSR count). The van der Waals surface area contributed by atoms with Gasteiger partial charge in [-0.05, 0) is 43.2 Å². The molecule has 0 radical (unpaired) electrons. The summed E-state index contributed by atoms with van der Waals surface area (Å²) in [5.41, 5.74) is 4.14. The topological polar surface area (TPSA) is 61.4 Å². The molecule has 0 bridgehead atoms. The second-order valence-electron chi connectivity index (χ2n) is 7.82. The van der Waals surface area contributed by atoms with E-state index in [1.807, 2.05) is 84.6 Å². The zero-order valence-corrected chi connectivity index (χ0v) is 17.8. The summed E-state index contributed by atoms with van der Waals surface area (Å²) in [4.78, 5) is 27.5. The van der Waals surface area contributed by atoms with E-state index in [0.717, 1.165) is 28.8 Å². The maximum Gasteiger partial charge on any atom is 0.256 e. The van der Waals surface area contributed by atoms with Crippen LogP contribution in [0.5, 0.6) is 0 Å². The van der Waals surface area contributed by atoms with Crippen molar-refractivity contribution < 1.29 is 9.59 Å². The van der Waals surface area contributed by atoms with Crippen LogP contribution in [0.15, 0.2) is 78.9 Å². The highest BCUT2D eigenvalue weighted by Gasteiger charge is 2.35. The lowest BCUT2D eigenvalue weighted by Gasteiger charge is -2.27. The van der Waals surface area contributed by atoms with Crippen LogP contribution >= 0.6 is 0 Å². The van der Waals surface area contributed by atoms with Crippen molar-refractivity contribution in [3.8, 4) is 0 Å². The molecular weight excluding hydrogens is 386 g/mol. The number of fused-ring (bicyclic) bond motifs is 1. The standard InChI is InChI=1S/C26H27N3O2/c1-3-16-29-24(22-14-7-8-15-23(22)26(29)31)28-21-13-9-12-20(17-21)25(30)27-18(2)19-10-5-4-6-11-19/h4-15,17-18,24,28H,3,16H2,1-2H3,(H,27,30)/t18-,24-/m1/s1. The Labute approximate surface area is 183 Å². The third-order valence-corrected chi connectivity index (χ3v) is 5.60. The van der Waals surface area contributed by atoms with Gasteiger partial charge < -0.3 is 15.5 Å². The molecule has 5 nitrogen and oxygen atoms in total. The van der Waals surface area contributed by atoms with E-state index in [1.165, 1.54) is 0 Å². The van der Waals surface area contributed by atoms with Crippen molar-refractivity contribution in [2.75, 3.05) is 11.9 Å². The largest absolute Gasteiger partial charge is 0.361 e. The average Bonchev–Trinajstić information content (AvgIpc) is 3.06. The Morgan fingerprint density at radius 2 is 1.74 bits per heavy atom. The summed E-state index contributed by atoms with van der Waals surface area (Å²) in [5.74, 6) is -0.0890. The first kappa shape index (κ1) is 20.7. The lowest BCUT2D eigenvalue weighted by Crippen LogP contribution is -2.33. The Kier molecular flexibility index (Phi) is 6.03. The molecule has 3 aromatic carbocycles. The quantitative estimate of drug-likeness (QED) is 0.563. The number of benzene rings is 3. The van der Waals surface area contributed by atoms with Crippen molar-refractivity contribution in [1.82, 2.24) is 10.2 Å². The fourth-order valence-corrected chi connectivity index (χ4v) is 4.01. The number of carbonyl (C=O) groups excluding carboxylic acids is 2.